The Hall–Kier alpha value is -1.85. The number of carbonyl (C=O) groups excluding carboxylic acids is 1. The van der Waals surface area contributed by atoms with Crippen LogP contribution in [-0.4, -0.2) is 33.7 Å². The van der Waals surface area contributed by atoms with Crippen molar-refractivity contribution < 1.29 is 41.0 Å². The van der Waals surface area contributed by atoms with Gasteiger partial charge in [0.1, 0.15) is 10.6 Å². The molecule has 12 heteroatoms. The molecule has 0 aliphatic carbocycles. The van der Waals surface area contributed by atoms with Crippen LogP contribution in [0.2, 0.25) is 0 Å². The highest BCUT2D eigenvalue weighted by Gasteiger charge is 2.61. The quantitative estimate of drug-likeness (QED) is 0.832. The smallest absolute Gasteiger partial charge is 0.409 e. The lowest BCUT2D eigenvalue weighted by Crippen LogP contribution is -2.45. The van der Waals surface area contributed by atoms with Gasteiger partial charge in [-0.25, -0.2) is 4.79 Å². The van der Waals surface area contributed by atoms with Crippen molar-refractivity contribution in [2.75, 3.05) is 5.32 Å². The number of hydrogen-bond acceptors (Lipinski definition) is 4. The minimum atomic E-state index is -5.86. The third-order valence-corrected chi connectivity index (χ3v) is 3.08. The van der Waals surface area contributed by atoms with Gasteiger partial charge in [0, 0.05) is 0 Å². The number of nitrogens with one attached hydrogen (secondary N) is 1. The van der Waals surface area contributed by atoms with Gasteiger partial charge in [0.05, 0.1) is 5.69 Å². The Kier molecular flexibility index (Phi) is 4.51. The molecule has 1 aromatic heterocycles. The first-order valence-electron chi connectivity index (χ1n) is 4.99. The van der Waals surface area contributed by atoms with Gasteiger partial charge >= 0.3 is 18.3 Å². The molecule has 118 valence electrons. The number of halogens is 6. The maximum absolute atomic E-state index is 12.3. The molecule has 0 saturated carbocycles. The molecule has 0 aliphatic rings. The second kappa shape index (κ2) is 5.50. The lowest BCUT2D eigenvalue weighted by molar-refractivity contribution is -0.272. The maximum atomic E-state index is 12.3. The van der Waals surface area contributed by atoms with Gasteiger partial charge < -0.3 is 10.4 Å². The van der Waals surface area contributed by atoms with E-state index in [0.717, 1.165) is 0 Å². The average Bonchev–Trinajstić information content (AvgIpc) is 2.54. The number of alkyl halides is 6. The predicted octanol–water partition coefficient (Wildman–Crippen LogP) is 2.83. The third-order valence-electron chi connectivity index (χ3n) is 2.23. The molecule has 5 nitrogen and oxygen atoms in total. The number of nitrogens with zero attached hydrogens (tertiary/aromatic N) is 1. The molecule has 1 rings (SSSR count). The fourth-order valence-corrected chi connectivity index (χ4v) is 2.17. The molecule has 0 unspecified atom stereocenters. The first-order valence-corrected chi connectivity index (χ1v) is 5.77. The molecule has 0 bridgehead atoms. The normalized spacial score (nSPS) is 12.6. The van der Waals surface area contributed by atoms with E-state index in [1.807, 2.05) is 0 Å². The number of aromatic nitrogens is 1. The summed E-state index contributed by atoms with van der Waals surface area (Å²) in [5, 5.41) is 9.41. The molecule has 21 heavy (non-hydrogen) atoms. The Morgan fingerprint density at radius 1 is 1.19 bits per heavy atom. The Bertz CT molecular complexity index is 551. The van der Waals surface area contributed by atoms with E-state index in [1.54, 1.807) is 0 Å². The zero-order valence-electron chi connectivity index (χ0n) is 9.96. The Labute approximate surface area is 116 Å². The molecule has 1 heterocycles. The fraction of sp³-hybridized carbons (Fsp3) is 0.444. The van der Waals surface area contributed by atoms with E-state index in [0.29, 0.717) is 0 Å². The monoisotopic (exact) mass is 336 g/mol. The van der Waals surface area contributed by atoms with E-state index in [2.05, 4.69) is 4.37 Å². The standard InChI is InChI=1S/C9H6F6N2O3S/c1-2-3(7(19)20)6(21-17-2)16-5(18)4(8(10,11)12)9(13,14)15/h4H,1H3,(H,16,18)(H,19,20). The second-order valence-corrected chi connectivity index (χ2v) is 4.56. The zero-order valence-corrected chi connectivity index (χ0v) is 10.8. The molecule has 1 aromatic rings. The number of carboxylic acid groups (broad SMARTS) is 1. The summed E-state index contributed by atoms with van der Waals surface area (Å²) in [6.07, 6.45) is -11.7. The number of aromatic carboxylic acids is 1. The molecule has 0 radical (unpaired) electrons. The summed E-state index contributed by atoms with van der Waals surface area (Å²) in [6, 6.07) is 0. The van der Waals surface area contributed by atoms with E-state index in [4.69, 9.17) is 5.11 Å². The van der Waals surface area contributed by atoms with Crippen molar-refractivity contribution in [2.45, 2.75) is 19.3 Å². The SMILES string of the molecule is Cc1nsc(NC(=O)C(C(F)(F)F)C(F)(F)F)c1C(=O)O. The summed E-state index contributed by atoms with van der Waals surface area (Å²) in [7, 11) is 0. The van der Waals surface area contributed by atoms with Gasteiger partial charge in [-0.05, 0) is 18.5 Å². The van der Waals surface area contributed by atoms with Gasteiger partial charge in [-0.1, -0.05) is 0 Å². The van der Waals surface area contributed by atoms with Crippen molar-refractivity contribution in [3.63, 3.8) is 0 Å². The number of anilines is 1. The highest BCUT2D eigenvalue weighted by atomic mass is 32.1. The molecule has 2 N–H and O–H groups in total. The number of carbonyl (C=O) groups is 2. The van der Waals surface area contributed by atoms with Crippen LogP contribution in [0.4, 0.5) is 31.3 Å². The van der Waals surface area contributed by atoms with E-state index in [-0.39, 0.29) is 17.2 Å². The van der Waals surface area contributed by atoms with Crippen LogP contribution in [0.1, 0.15) is 16.1 Å². The summed E-state index contributed by atoms with van der Waals surface area (Å²) < 4.78 is 77.4. The van der Waals surface area contributed by atoms with Crippen LogP contribution in [0.15, 0.2) is 0 Å². The van der Waals surface area contributed by atoms with Gasteiger partial charge in [0.2, 0.25) is 11.8 Å². The van der Waals surface area contributed by atoms with Gasteiger partial charge in [-0.15, -0.1) is 0 Å². The topological polar surface area (TPSA) is 79.3 Å². The van der Waals surface area contributed by atoms with Gasteiger partial charge in [0.15, 0.2) is 0 Å². The number of hydrogen-bond donors (Lipinski definition) is 2. The number of carboxylic acids is 1. The van der Waals surface area contributed by atoms with E-state index < -0.39 is 40.7 Å². The Morgan fingerprint density at radius 3 is 2.05 bits per heavy atom. The molecule has 0 atom stereocenters. The van der Waals surface area contributed by atoms with Crippen molar-refractivity contribution in [1.29, 1.82) is 0 Å². The predicted molar refractivity (Wildman–Crippen MR) is 58.0 cm³/mol. The van der Waals surface area contributed by atoms with Crippen LogP contribution in [0.3, 0.4) is 0 Å². The van der Waals surface area contributed by atoms with Gasteiger partial charge in [-0.3, -0.25) is 4.79 Å². The van der Waals surface area contributed by atoms with Crippen molar-refractivity contribution in [1.82, 2.24) is 4.37 Å². The molecule has 0 spiro atoms. The van der Waals surface area contributed by atoms with E-state index >= 15 is 0 Å². The summed E-state index contributed by atoms with van der Waals surface area (Å²) in [4.78, 5) is 22.0. The largest absolute Gasteiger partial charge is 0.478 e. The van der Waals surface area contributed by atoms with Gasteiger partial charge in [0.25, 0.3) is 0 Å². The molecular weight excluding hydrogens is 330 g/mol. The molecule has 0 saturated heterocycles. The molecule has 0 aliphatic heterocycles. The van der Waals surface area contributed by atoms with Crippen molar-refractivity contribution in [2.24, 2.45) is 5.92 Å². The molecule has 0 fully saturated rings. The van der Waals surface area contributed by atoms with Crippen LogP contribution < -0.4 is 5.32 Å². The van der Waals surface area contributed by atoms with Crippen molar-refractivity contribution in [3.05, 3.63) is 11.3 Å². The summed E-state index contributed by atoms with van der Waals surface area (Å²) in [6.45, 7) is 1.18. The fourth-order valence-electron chi connectivity index (χ4n) is 1.37. The first kappa shape index (κ1) is 17.2. The molecule has 0 aromatic carbocycles. The number of aryl methyl sites for hydroxylation is 1. The number of rotatable bonds is 3. The van der Waals surface area contributed by atoms with Crippen molar-refractivity contribution >= 4 is 28.4 Å². The van der Waals surface area contributed by atoms with E-state index in [1.165, 1.54) is 12.2 Å². The molecule has 1 amide bonds. The van der Waals surface area contributed by atoms with Crippen LogP contribution in [0.5, 0.6) is 0 Å². The van der Waals surface area contributed by atoms with E-state index in [9.17, 15) is 35.9 Å². The first-order chi connectivity index (χ1) is 9.35. The van der Waals surface area contributed by atoms with Crippen molar-refractivity contribution in [3.8, 4) is 0 Å². The third kappa shape index (κ3) is 3.83. The number of amides is 1. The minimum absolute atomic E-state index is 0.140. The van der Waals surface area contributed by atoms with Crippen LogP contribution in [0.25, 0.3) is 0 Å². The van der Waals surface area contributed by atoms with Crippen LogP contribution in [-0.2, 0) is 4.79 Å². The summed E-state index contributed by atoms with van der Waals surface area (Å²) in [5.41, 5.74) is -0.796. The lowest BCUT2D eigenvalue weighted by atomic mass is 10.1. The van der Waals surface area contributed by atoms with Crippen LogP contribution in [0, 0.1) is 12.8 Å². The van der Waals surface area contributed by atoms with Gasteiger partial charge in [-0.2, -0.15) is 30.7 Å². The van der Waals surface area contributed by atoms with Crippen LogP contribution >= 0.6 is 11.5 Å². The highest BCUT2D eigenvalue weighted by molar-refractivity contribution is 7.11. The summed E-state index contributed by atoms with van der Waals surface area (Å²) in [5.74, 6) is -8.30. The lowest BCUT2D eigenvalue weighted by Gasteiger charge is -2.21. The Morgan fingerprint density at radius 2 is 1.67 bits per heavy atom. The molecular formula is C9H6F6N2O3S. The Balaban J connectivity index is 3.12. The summed E-state index contributed by atoms with van der Waals surface area (Å²) >= 11 is 0.274. The maximum Gasteiger partial charge on any atom is 0.409 e. The minimum Gasteiger partial charge on any atom is -0.478 e. The highest BCUT2D eigenvalue weighted by Crippen LogP contribution is 2.40. The zero-order chi connectivity index (χ0) is 16.6. The average molecular weight is 336 g/mol. The second-order valence-electron chi connectivity index (χ2n) is 3.78.